The molecule has 2 aliphatic heterocycles. The third-order valence-corrected chi connectivity index (χ3v) is 9.71. The lowest BCUT2D eigenvalue weighted by atomic mass is 9.72. The van der Waals surface area contributed by atoms with Gasteiger partial charge in [0.25, 0.3) is 0 Å². The standard InChI is InChI=1S/C38H48N4O8/c1-38(2,3)33(42-37(47)48-4)34(44)40-30(21-31(43)29(41-36(45)46)20-23-10-6-5-7-11-23)32(27-22-50-35-26(27)17-19-49-35)25-15-13-24(14-16-25)28-12-8-9-18-39-28/h5-16,18,26-27,29-33,35,41,43H,17,19-22H2,1-4H3,(H,40,44)(H,42,47)(H,45,46)/t26-,27-,29-,30-,31+,32?,33+,35+/m0/s1. The number of carbonyl (C=O) groups is 3. The molecule has 1 unspecified atom stereocenters. The van der Waals surface area contributed by atoms with Crippen molar-refractivity contribution in [2.24, 2.45) is 17.3 Å². The number of amides is 3. The molecule has 0 bridgehead atoms. The number of carbonyl (C=O) groups excluding carboxylic acids is 2. The fourth-order valence-electron chi connectivity index (χ4n) is 7.20. The Labute approximate surface area is 292 Å². The molecule has 12 heteroatoms. The predicted molar refractivity (Wildman–Crippen MR) is 186 cm³/mol. The predicted octanol–water partition coefficient (Wildman–Crippen LogP) is 4.73. The number of aliphatic hydroxyl groups is 1. The molecule has 5 N–H and O–H groups in total. The van der Waals surface area contributed by atoms with Gasteiger partial charge in [-0.2, -0.15) is 0 Å². The lowest BCUT2D eigenvalue weighted by Gasteiger charge is -2.38. The molecule has 268 valence electrons. The van der Waals surface area contributed by atoms with Crippen molar-refractivity contribution < 1.29 is 38.8 Å². The Morgan fingerprint density at radius 1 is 0.940 bits per heavy atom. The number of rotatable bonds is 13. The van der Waals surface area contributed by atoms with Crippen LogP contribution in [-0.4, -0.2) is 84.1 Å². The first kappa shape index (κ1) is 36.8. The van der Waals surface area contributed by atoms with Gasteiger partial charge >= 0.3 is 12.2 Å². The SMILES string of the molecule is COC(=O)N[C@H](C(=O)N[C@@H](C[C@@H](O)[C@H](Cc1ccccc1)NC(=O)O)C(c1ccc(-c2ccccn2)cc1)[C@H]1CO[C@H]2OCC[C@H]21)C(C)(C)C. The van der Waals surface area contributed by atoms with Crippen molar-refractivity contribution in [1.29, 1.82) is 0 Å². The zero-order valence-electron chi connectivity index (χ0n) is 29.0. The number of alkyl carbamates (subject to hydrolysis) is 1. The molecule has 2 aliphatic rings. The molecule has 0 aliphatic carbocycles. The summed E-state index contributed by atoms with van der Waals surface area (Å²) in [6.45, 7) is 6.43. The fourth-order valence-corrected chi connectivity index (χ4v) is 7.20. The molecule has 3 amide bonds. The molecule has 0 saturated carbocycles. The first-order chi connectivity index (χ1) is 23.9. The average molecular weight is 689 g/mol. The van der Waals surface area contributed by atoms with E-state index in [0.29, 0.717) is 13.2 Å². The molecule has 50 heavy (non-hydrogen) atoms. The van der Waals surface area contributed by atoms with E-state index < -0.39 is 47.7 Å². The van der Waals surface area contributed by atoms with E-state index in [0.717, 1.165) is 28.8 Å². The molecule has 0 spiro atoms. The monoisotopic (exact) mass is 688 g/mol. The van der Waals surface area contributed by atoms with Crippen molar-refractivity contribution >= 4 is 18.1 Å². The van der Waals surface area contributed by atoms with Crippen molar-refractivity contribution in [1.82, 2.24) is 20.9 Å². The molecule has 0 radical (unpaired) electrons. The number of carboxylic acid groups (broad SMARTS) is 1. The van der Waals surface area contributed by atoms with E-state index in [1.165, 1.54) is 7.11 Å². The third-order valence-electron chi connectivity index (χ3n) is 9.71. The highest BCUT2D eigenvalue weighted by atomic mass is 16.7. The summed E-state index contributed by atoms with van der Waals surface area (Å²) in [5, 5.41) is 30.0. The largest absolute Gasteiger partial charge is 0.465 e. The Morgan fingerprint density at radius 3 is 2.30 bits per heavy atom. The quantitative estimate of drug-likeness (QED) is 0.171. The normalized spacial score (nSPS) is 21.6. The third kappa shape index (κ3) is 9.17. The van der Waals surface area contributed by atoms with Crippen LogP contribution in [0.3, 0.4) is 0 Å². The maximum Gasteiger partial charge on any atom is 0.407 e. The van der Waals surface area contributed by atoms with Crippen molar-refractivity contribution in [3.05, 3.63) is 90.1 Å². The summed E-state index contributed by atoms with van der Waals surface area (Å²) in [4.78, 5) is 43.1. The highest BCUT2D eigenvalue weighted by Crippen LogP contribution is 2.45. The molecular formula is C38H48N4O8. The number of nitrogens with zero attached hydrogens (tertiary/aromatic N) is 1. The van der Waals surface area contributed by atoms with Crippen LogP contribution in [0.4, 0.5) is 9.59 Å². The number of ether oxygens (including phenoxy) is 3. The van der Waals surface area contributed by atoms with Crippen LogP contribution in [0.5, 0.6) is 0 Å². The molecule has 2 aromatic carbocycles. The van der Waals surface area contributed by atoms with E-state index in [1.807, 2.05) is 93.6 Å². The van der Waals surface area contributed by atoms with Gasteiger partial charge in [0, 0.05) is 29.6 Å². The number of aromatic nitrogens is 1. The summed E-state index contributed by atoms with van der Waals surface area (Å²) in [6.07, 6.45) is -0.851. The van der Waals surface area contributed by atoms with Crippen LogP contribution in [0.15, 0.2) is 79.0 Å². The maximum atomic E-state index is 14.3. The van der Waals surface area contributed by atoms with Gasteiger partial charge in [0.1, 0.15) is 6.04 Å². The van der Waals surface area contributed by atoms with Gasteiger partial charge in [0.05, 0.1) is 38.2 Å². The van der Waals surface area contributed by atoms with E-state index in [9.17, 15) is 24.6 Å². The first-order valence-corrected chi connectivity index (χ1v) is 17.1. The van der Waals surface area contributed by atoms with E-state index in [4.69, 9.17) is 14.2 Å². The van der Waals surface area contributed by atoms with E-state index >= 15 is 0 Å². The van der Waals surface area contributed by atoms with Gasteiger partial charge in [-0.3, -0.25) is 9.78 Å². The van der Waals surface area contributed by atoms with Crippen molar-refractivity contribution in [2.75, 3.05) is 20.3 Å². The molecule has 8 atom stereocenters. The van der Waals surface area contributed by atoms with Crippen LogP contribution >= 0.6 is 0 Å². The minimum atomic E-state index is -1.27. The number of nitrogens with one attached hydrogen (secondary N) is 3. The Bertz CT molecular complexity index is 1570. The molecule has 2 saturated heterocycles. The van der Waals surface area contributed by atoms with Gasteiger partial charge in [-0.25, -0.2) is 9.59 Å². The van der Waals surface area contributed by atoms with Gasteiger partial charge in [-0.05, 0) is 53.9 Å². The van der Waals surface area contributed by atoms with E-state index in [1.54, 1.807) is 6.20 Å². The number of hydrogen-bond acceptors (Lipinski definition) is 8. The van der Waals surface area contributed by atoms with E-state index in [2.05, 4.69) is 20.9 Å². The van der Waals surface area contributed by atoms with Crippen LogP contribution in [0.2, 0.25) is 0 Å². The molecule has 5 rings (SSSR count). The Balaban J connectivity index is 1.55. The summed E-state index contributed by atoms with van der Waals surface area (Å²) in [6, 6.07) is 20.4. The van der Waals surface area contributed by atoms with Gasteiger partial charge in [-0.1, -0.05) is 81.4 Å². The maximum absolute atomic E-state index is 14.3. The molecule has 3 heterocycles. The lowest BCUT2D eigenvalue weighted by Crippen LogP contribution is -2.58. The second-order valence-electron chi connectivity index (χ2n) is 14.2. The van der Waals surface area contributed by atoms with Crippen molar-refractivity contribution in [3.8, 4) is 11.3 Å². The molecule has 12 nitrogen and oxygen atoms in total. The first-order valence-electron chi connectivity index (χ1n) is 17.1. The van der Waals surface area contributed by atoms with Gasteiger partial charge in [-0.15, -0.1) is 0 Å². The van der Waals surface area contributed by atoms with Crippen LogP contribution in [-0.2, 0) is 25.4 Å². The average Bonchev–Trinajstić information content (AvgIpc) is 3.72. The number of methoxy groups -OCH3 is 1. The molecule has 3 aromatic rings. The highest BCUT2D eigenvalue weighted by Gasteiger charge is 2.49. The number of benzene rings is 2. The minimum absolute atomic E-state index is 0.00000995. The number of pyridine rings is 1. The van der Waals surface area contributed by atoms with Crippen LogP contribution in [0.25, 0.3) is 11.3 Å². The summed E-state index contributed by atoms with van der Waals surface area (Å²) < 4.78 is 16.9. The lowest BCUT2D eigenvalue weighted by molar-refractivity contribution is -0.126. The minimum Gasteiger partial charge on any atom is -0.465 e. The Morgan fingerprint density at radius 2 is 1.66 bits per heavy atom. The van der Waals surface area contributed by atoms with Crippen LogP contribution in [0.1, 0.15) is 50.7 Å². The summed E-state index contributed by atoms with van der Waals surface area (Å²) >= 11 is 0. The summed E-state index contributed by atoms with van der Waals surface area (Å²) in [7, 11) is 1.24. The number of fused-ring (bicyclic) bond motifs is 1. The molecule has 1 aromatic heterocycles. The second kappa shape index (κ2) is 16.5. The van der Waals surface area contributed by atoms with Crippen molar-refractivity contribution in [2.45, 2.75) is 76.5 Å². The Kier molecular flexibility index (Phi) is 12.1. The fraction of sp³-hybridized carbons (Fsp3) is 0.474. The summed E-state index contributed by atoms with van der Waals surface area (Å²) in [5.41, 5.74) is 2.78. The zero-order chi connectivity index (χ0) is 35.8. The number of aliphatic hydroxyl groups excluding tert-OH is 1. The second-order valence-corrected chi connectivity index (χ2v) is 14.2. The van der Waals surface area contributed by atoms with Crippen LogP contribution < -0.4 is 16.0 Å². The van der Waals surface area contributed by atoms with Crippen molar-refractivity contribution in [3.63, 3.8) is 0 Å². The van der Waals surface area contributed by atoms with Gasteiger partial charge < -0.3 is 40.4 Å². The topological polar surface area (TPSA) is 168 Å². The number of hydrogen-bond donors (Lipinski definition) is 5. The van der Waals surface area contributed by atoms with Crippen LogP contribution in [0, 0.1) is 17.3 Å². The van der Waals surface area contributed by atoms with Gasteiger partial charge in [0.15, 0.2) is 6.29 Å². The zero-order valence-corrected chi connectivity index (χ0v) is 29.0. The highest BCUT2D eigenvalue weighted by molar-refractivity contribution is 5.86. The smallest absolute Gasteiger partial charge is 0.407 e. The molecular weight excluding hydrogens is 640 g/mol. The Hall–Kier alpha value is -4.52. The molecule has 2 fully saturated rings. The van der Waals surface area contributed by atoms with Gasteiger partial charge in [0.2, 0.25) is 5.91 Å². The summed E-state index contributed by atoms with van der Waals surface area (Å²) in [5.74, 6) is -0.915. The van der Waals surface area contributed by atoms with E-state index in [-0.39, 0.29) is 36.9 Å².